The van der Waals surface area contributed by atoms with Gasteiger partial charge in [-0.05, 0) is 0 Å². The predicted octanol–water partition coefficient (Wildman–Crippen LogP) is 4.03. The van der Waals surface area contributed by atoms with Crippen molar-refractivity contribution in [2.24, 2.45) is 0 Å². The Morgan fingerprint density at radius 1 is 1.00 bits per heavy atom. The fourth-order valence-electron chi connectivity index (χ4n) is 0. The zero-order valence-electron chi connectivity index (χ0n) is 5.13. The average molecular weight is 557 g/mol. The van der Waals surface area contributed by atoms with Gasteiger partial charge in [-0.25, -0.2) is 0 Å². The Bertz CT molecular complexity index is 66.3. The molecule has 0 aromatic carbocycles. The van der Waals surface area contributed by atoms with Gasteiger partial charge in [0.2, 0.25) is 0 Å². The van der Waals surface area contributed by atoms with E-state index in [1.807, 2.05) is 0 Å². The molecule has 0 atom stereocenters. The maximum atomic E-state index is 2.67. The van der Waals surface area contributed by atoms with Crippen LogP contribution in [0.4, 0.5) is 0 Å². The van der Waals surface area contributed by atoms with E-state index in [4.69, 9.17) is 0 Å². The van der Waals surface area contributed by atoms with Crippen LogP contribution >= 0.6 is 55.9 Å². The molecule has 0 spiro atoms. The van der Waals surface area contributed by atoms with E-state index in [9.17, 15) is 0 Å². The van der Waals surface area contributed by atoms with Gasteiger partial charge in [0, 0.05) is 0 Å². The van der Waals surface area contributed by atoms with Crippen LogP contribution in [-0.4, -0.2) is 6.47 Å². The summed E-state index contributed by atoms with van der Waals surface area (Å²) < 4.78 is 0.607. The SMILES string of the molecule is C[C](C)(C)[Sn]([I])([I])[I]. The van der Waals surface area contributed by atoms with Crippen LogP contribution < -0.4 is 0 Å². The van der Waals surface area contributed by atoms with Crippen LogP contribution in [0.5, 0.6) is 0 Å². The molecule has 0 radical (unpaired) electrons. The molecule has 0 aliphatic heterocycles. The van der Waals surface area contributed by atoms with Crippen LogP contribution in [0.2, 0.25) is 3.43 Å². The molecule has 0 fully saturated rings. The maximum absolute atomic E-state index is 2.67. The Kier molecular flexibility index (Phi) is 4.93. The van der Waals surface area contributed by atoms with Crippen molar-refractivity contribution in [2.75, 3.05) is 0 Å². The molecule has 0 unspecified atom stereocenters. The third-order valence-electron chi connectivity index (χ3n) is 0.850. The second-order valence-electron chi connectivity index (χ2n) is 2.75. The summed E-state index contributed by atoms with van der Waals surface area (Å²) in [4.78, 5) is 0. The Hall–Kier alpha value is 2.99. The Morgan fingerprint density at radius 2 is 1.12 bits per heavy atom. The first kappa shape index (κ1) is 11.0. The van der Waals surface area contributed by atoms with Crippen LogP contribution in [0.15, 0.2) is 0 Å². The standard InChI is InChI=1S/C4H9.3HI.Sn/c1-4(2)3;;;;/h1-3H3;3*1H;/q;;;;+3/p-3. The molecule has 0 nitrogen and oxygen atoms in total. The van der Waals surface area contributed by atoms with Gasteiger partial charge < -0.3 is 0 Å². The third kappa shape index (κ3) is 3.99. The second-order valence-corrected chi connectivity index (χ2v) is 84.0. The normalized spacial score (nSPS) is 14.2. The third-order valence-corrected chi connectivity index (χ3v) is 38.3. The van der Waals surface area contributed by atoms with Crippen molar-refractivity contribution in [1.82, 2.24) is 0 Å². The molecule has 8 heavy (non-hydrogen) atoms. The monoisotopic (exact) mass is 558 g/mol. The first-order chi connectivity index (χ1) is 3.25. The van der Waals surface area contributed by atoms with Gasteiger partial charge in [0.25, 0.3) is 0 Å². The molecule has 0 saturated heterocycles. The molecule has 0 N–H and O–H groups in total. The molecule has 0 aromatic heterocycles. The summed E-state index contributed by atoms with van der Waals surface area (Å²) in [6, 6.07) is 0. The number of hydrogen-bond donors (Lipinski definition) is 0. The van der Waals surface area contributed by atoms with Crippen LogP contribution in [0.25, 0.3) is 0 Å². The molecule has 0 aliphatic rings. The summed E-state index contributed by atoms with van der Waals surface area (Å²) in [6.07, 6.45) is 0. The quantitative estimate of drug-likeness (QED) is 0.313. The summed E-state index contributed by atoms with van der Waals surface area (Å²) in [7, 11) is 0. The first-order valence-electron chi connectivity index (χ1n) is 2.32. The fraction of sp³-hybridized carbons (Fsp3) is 1.00. The topological polar surface area (TPSA) is 0 Å². The van der Waals surface area contributed by atoms with Gasteiger partial charge >= 0.3 is 86.6 Å². The van der Waals surface area contributed by atoms with Gasteiger partial charge in [-0.3, -0.25) is 0 Å². The molecular formula is C4H9I3Sn. The zero-order valence-corrected chi connectivity index (χ0v) is 14.5. The molecule has 0 saturated carbocycles. The predicted molar refractivity (Wildman–Crippen MR) is 67.5 cm³/mol. The second kappa shape index (κ2) is 3.59. The number of halogens is 3. The van der Waals surface area contributed by atoms with E-state index in [0.717, 1.165) is 0 Å². The number of rotatable bonds is 0. The van der Waals surface area contributed by atoms with Crippen molar-refractivity contribution in [3.8, 4) is 0 Å². The van der Waals surface area contributed by atoms with E-state index in [-0.39, 0.29) is 0 Å². The van der Waals surface area contributed by atoms with Crippen LogP contribution in [0, 0.1) is 0 Å². The molecule has 0 heterocycles. The molecule has 0 amide bonds. The zero-order chi connectivity index (χ0) is 7.00. The van der Waals surface area contributed by atoms with E-state index in [1.165, 1.54) is 0 Å². The Labute approximate surface area is 84.4 Å². The molecule has 0 aliphatic carbocycles. The summed E-state index contributed by atoms with van der Waals surface area (Å²) >= 11 is 8.00. The van der Waals surface area contributed by atoms with Gasteiger partial charge in [0.05, 0.1) is 0 Å². The molecule has 0 bridgehead atoms. The average Bonchev–Trinajstić information content (AvgIpc) is 1.25. The molecular weight excluding hydrogens is 547 g/mol. The minimum atomic E-state index is -1.61. The van der Waals surface area contributed by atoms with Gasteiger partial charge in [0.15, 0.2) is 0 Å². The van der Waals surface area contributed by atoms with Crippen LogP contribution in [0.3, 0.4) is 0 Å². The van der Waals surface area contributed by atoms with E-state index >= 15 is 0 Å². The van der Waals surface area contributed by atoms with Crippen LogP contribution in [-0.2, 0) is 0 Å². The van der Waals surface area contributed by atoms with Gasteiger partial charge in [0.1, 0.15) is 0 Å². The summed E-state index contributed by atoms with van der Waals surface area (Å²) in [5, 5.41) is 0. The Balaban J connectivity index is 4.02. The molecule has 0 rings (SSSR count). The first-order valence-corrected chi connectivity index (χ1v) is 28.7. The van der Waals surface area contributed by atoms with E-state index < -0.39 is 6.47 Å². The van der Waals surface area contributed by atoms with E-state index in [2.05, 4.69) is 76.7 Å². The Morgan fingerprint density at radius 3 is 1.12 bits per heavy atom. The molecule has 4 heteroatoms. The van der Waals surface area contributed by atoms with Crippen LogP contribution in [0.1, 0.15) is 20.8 Å². The molecule has 50 valence electrons. The van der Waals surface area contributed by atoms with Crippen molar-refractivity contribution < 1.29 is 0 Å². The van der Waals surface area contributed by atoms with Crippen molar-refractivity contribution in [2.45, 2.75) is 24.2 Å². The van der Waals surface area contributed by atoms with Gasteiger partial charge in [-0.15, -0.1) is 0 Å². The van der Waals surface area contributed by atoms with Gasteiger partial charge in [-0.1, -0.05) is 0 Å². The minimum absolute atomic E-state index is 0.607. The summed E-state index contributed by atoms with van der Waals surface area (Å²) in [5.41, 5.74) is 0. The molecule has 0 aromatic rings. The van der Waals surface area contributed by atoms with E-state index in [0.29, 0.717) is 3.43 Å². The van der Waals surface area contributed by atoms with Gasteiger partial charge in [-0.2, -0.15) is 0 Å². The fourth-order valence-corrected chi connectivity index (χ4v) is 0. The number of hydrogen-bond acceptors (Lipinski definition) is 0. The summed E-state index contributed by atoms with van der Waals surface area (Å²) in [6.45, 7) is 5.41. The van der Waals surface area contributed by atoms with E-state index in [1.54, 1.807) is 0 Å². The summed E-state index contributed by atoms with van der Waals surface area (Å²) in [5.74, 6) is 0. The van der Waals surface area contributed by atoms with Crippen molar-refractivity contribution in [3.63, 3.8) is 0 Å². The van der Waals surface area contributed by atoms with Crippen molar-refractivity contribution in [3.05, 3.63) is 0 Å². The van der Waals surface area contributed by atoms with Crippen molar-refractivity contribution >= 4 is 62.4 Å². The van der Waals surface area contributed by atoms with Crippen molar-refractivity contribution in [1.29, 1.82) is 0 Å².